The van der Waals surface area contributed by atoms with Crippen LogP contribution < -0.4 is 5.32 Å². The molecule has 1 aliphatic heterocycles. The molecule has 2 aliphatic rings. The topological polar surface area (TPSA) is 81.2 Å². The Balaban J connectivity index is 1.33. The molecule has 3 aromatic rings. The van der Waals surface area contributed by atoms with Crippen molar-refractivity contribution < 1.29 is 14.3 Å². The van der Waals surface area contributed by atoms with Crippen molar-refractivity contribution in [2.75, 3.05) is 25.0 Å². The summed E-state index contributed by atoms with van der Waals surface area (Å²) in [5.74, 6) is -0.449. The Morgan fingerprint density at radius 2 is 2.27 bits per heavy atom. The second-order valence-electron chi connectivity index (χ2n) is 8.41. The monoisotopic (exact) mass is 428 g/mol. The minimum absolute atomic E-state index is 0.0242. The molecule has 158 valence electrons. The van der Waals surface area contributed by atoms with Crippen LogP contribution in [-0.2, 0) is 19.4 Å². The maximum Gasteiger partial charge on any atom is 0.270 e. The van der Waals surface area contributed by atoms with Gasteiger partial charge in [0.05, 0.1) is 24.4 Å². The van der Waals surface area contributed by atoms with Gasteiger partial charge in [-0.25, -0.2) is 9.37 Å². The summed E-state index contributed by atoms with van der Waals surface area (Å²) < 4.78 is 14.2. The van der Waals surface area contributed by atoms with E-state index in [4.69, 9.17) is 0 Å². The molecule has 1 amide bonds. The van der Waals surface area contributed by atoms with Gasteiger partial charge in [0.25, 0.3) is 5.91 Å². The van der Waals surface area contributed by atoms with Crippen LogP contribution >= 0.6 is 11.3 Å². The number of aromatic nitrogens is 2. The molecule has 6 nitrogen and oxygen atoms in total. The van der Waals surface area contributed by atoms with E-state index in [-0.39, 0.29) is 23.7 Å². The van der Waals surface area contributed by atoms with Gasteiger partial charge < -0.3 is 20.3 Å². The van der Waals surface area contributed by atoms with Crippen LogP contribution in [0.3, 0.4) is 0 Å². The lowest BCUT2D eigenvalue weighted by molar-refractivity contribution is 0.0731. The molecule has 3 heterocycles. The largest absolute Gasteiger partial charge is 0.396 e. The molecule has 2 aromatic heterocycles. The van der Waals surface area contributed by atoms with E-state index in [1.165, 1.54) is 6.07 Å². The number of hydrogen-bond donors (Lipinski definition) is 3. The number of halogens is 1. The van der Waals surface area contributed by atoms with Crippen molar-refractivity contribution in [2.24, 2.45) is 5.41 Å². The lowest BCUT2D eigenvalue weighted by Gasteiger charge is -2.25. The Hall–Kier alpha value is -2.45. The molecule has 30 heavy (non-hydrogen) atoms. The molecule has 1 aromatic carbocycles. The standard InChI is InChI=1S/C22H25FN4O2S/c1-2-13-3-4-15(23)19-14(13)9-17(25-19)20(29)27-8-5-16-18(10-27)30-21(26-16)24-11-22(12-28)6-7-22/h3-4,9,25,28H,2,5-8,10-12H2,1H3,(H,24,26). The number of aromatic amines is 1. The van der Waals surface area contributed by atoms with E-state index in [2.05, 4.69) is 15.3 Å². The van der Waals surface area contributed by atoms with Crippen molar-refractivity contribution in [1.29, 1.82) is 0 Å². The van der Waals surface area contributed by atoms with Gasteiger partial charge in [0.1, 0.15) is 11.5 Å². The number of aliphatic hydroxyl groups is 1. The molecule has 8 heteroatoms. The SMILES string of the molecule is CCc1ccc(F)c2[nH]c(C(=O)N3CCc4nc(NCC5(CO)CC5)sc4C3)cc12. The highest BCUT2D eigenvalue weighted by atomic mass is 32.1. The molecule has 0 unspecified atom stereocenters. The predicted molar refractivity (Wildman–Crippen MR) is 115 cm³/mol. The highest BCUT2D eigenvalue weighted by Crippen LogP contribution is 2.45. The third-order valence-corrected chi connectivity index (χ3v) is 7.41. The molecule has 0 spiro atoms. The summed E-state index contributed by atoms with van der Waals surface area (Å²) in [6, 6.07) is 5.01. The number of carbonyl (C=O) groups is 1. The lowest BCUT2D eigenvalue weighted by Crippen LogP contribution is -2.35. The number of fused-ring (bicyclic) bond motifs is 2. The maximum absolute atomic E-state index is 14.2. The zero-order valence-electron chi connectivity index (χ0n) is 16.9. The zero-order chi connectivity index (χ0) is 20.9. The third-order valence-electron chi connectivity index (χ3n) is 6.37. The summed E-state index contributed by atoms with van der Waals surface area (Å²) in [5, 5.41) is 14.5. The van der Waals surface area contributed by atoms with E-state index >= 15 is 0 Å². The summed E-state index contributed by atoms with van der Waals surface area (Å²) >= 11 is 1.58. The Labute approximate surface area is 178 Å². The second-order valence-corrected chi connectivity index (χ2v) is 9.49. The molecule has 0 radical (unpaired) electrons. The molecule has 1 fully saturated rings. The molecule has 3 N–H and O–H groups in total. The number of nitrogens with one attached hydrogen (secondary N) is 2. The van der Waals surface area contributed by atoms with Crippen LogP contribution in [0.5, 0.6) is 0 Å². The fraction of sp³-hybridized carbons (Fsp3) is 0.455. The van der Waals surface area contributed by atoms with Crippen molar-refractivity contribution in [3.05, 3.63) is 45.8 Å². The zero-order valence-corrected chi connectivity index (χ0v) is 17.7. The van der Waals surface area contributed by atoms with Gasteiger partial charge in [-0.2, -0.15) is 0 Å². The van der Waals surface area contributed by atoms with Crippen LogP contribution in [0.15, 0.2) is 18.2 Å². The Morgan fingerprint density at radius 1 is 1.43 bits per heavy atom. The average molecular weight is 429 g/mol. The van der Waals surface area contributed by atoms with E-state index in [0.717, 1.165) is 52.5 Å². The number of nitrogens with zero attached hydrogens (tertiary/aromatic N) is 2. The number of thiazole rings is 1. The Morgan fingerprint density at radius 3 is 3.00 bits per heavy atom. The second kappa shape index (κ2) is 7.35. The fourth-order valence-electron chi connectivity index (χ4n) is 4.11. The van der Waals surface area contributed by atoms with Crippen molar-refractivity contribution in [3.63, 3.8) is 0 Å². The van der Waals surface area contributed by atoms with Gasteiger partial charge in [0.15, 0.2) is 5.13 Å². The number of aryl methyl sites for hydroxylation is 1. The van der Waals surface area contributed by atoms with Gasteiger partial charge >= 0.3 is 0 Å². The van der Waals surface area contributed by atoms with Crippen molar-refractivity contribution in [3.8, 4) is 0 Å². The first-order chi connectivity index (χ1) is 14.5. The van der Waals surface area contributed by atoms with E-state index < -0.39 is 0 Å². The number of aliphatic hydroxyl groups excluding tert-OH is 1. The molecule has 0 atom stereocenters. The highest BCUT2D eigenvalue weighted by molar-refractivity contribution is 7.15. The molecule has 1 saturated carbocycles. The molecule has 0 saturated heterocycles. The summed E-state index contributed by atoms with van der Waals surface area (Å²) in [6.07, 6.45) is 3.59. The number of hydrogen-bond acceptors (Lipinski definition) is 5. The normalized spacial score (nSPS) is 17.2. The van der Waals surface area contributed by atoms with Crippen molar-refractivity contribution in [2.45, 2.75) is 39.2 Å². The maximum atomic E-state index is 14.2. The fourth-order valence-corrected chi connectivity index (χ4v) is 5.13. The highest BCUT2D eigenvalue weighted by Gasteiger charge is 2.42. The smallest absolute Gasteiger partial charge is 0.270 e. The number of anilines is 1. The predicted octanol–water partition coefficient (Wildman–Crippen LogP) is 3.71. The van der Waals surface area contributed by atoms with Gasteiger partial charge in [0, 0.05) is 35.2 Å². The molecular weight excluding hydrogens is 403 g/mol. The lowest BCUT2D eigenvalue weighted by atomic mass is 10.1. The number of H-pyrrole nitrogens is 1. The van der Waals surface area contributed by atoms with Crippen LogP contribution in [0.2, 0.25) is 0 Å². The van der Waals surface area contributed by atoms with Gasteiger partial charge in [-0.15, -0.1) is 0 Å². The first-order valence-electron chi connectivity index (χ1n) is 10.4. The van der Waals surface area contributed by atoms with Gasteiger partial charge in [0.2, 0.25) is 0 Å². The number of amides is 1. The average Bonchev–Trinajstić information content (AvgIpc) is 3.20. The number of benzene rings is 1. The van der Waals surface area contributed by atoms with E-state index in [1.54, 1.807) is 28.4 Å². The molecule has 0 bridgehead atoms. The van der Waals surface area contributed by atoms with Gasteiger partial charge in [-0.3, -0.25) is 4.79 Å². The van der Waals surface area contributed by atoms with Crippen LogP contribution in [0.25, 0.3) is 10.9 Å². The van der Waals surface area contributed by atoms with Crippen LogP contribution in [-0.4, -0.2) is 45.6 Å². The van der Waals surface area contributed by atoms with Gasteiger partial charge in [-0.1, -0.05) is 24.3 Å². The first-order valence-corrected chi connectivity index (χ1v) is 11.3. The number of rotatable bonds is 6. The Kier molecular flexibility index (Phi) is 4.78. The van der Waals surface area contributed by atoms with Crippen molar-refractivity contribution >= 4 is 33.3 Å². The number of carbonyl (C=O) groups excluding carboxylic acids is 1. The Bertz CT molecular complexity index is 1120. The summed E-state index contributed by atoms with van der Waals surface area (Å²) in [6.45, 7) is 4.07. The van der Waals surface area contributed by atoms with Gasteiger partial charge in [-0.05, 0) is 37.0 Å². The van der Waals surface area contributed by atoms with E-state index in [0.29, 0.717) is 30.7 Å². The van der Waals surface area contributed by atoms with Crippen LogP contribution in [0.4, 0.5) is 9.52 Å². The molecule has 1 aliphatic carbocycles. The third kappa shape index (κ3) is 3.37. The van der Waals surface area contributed by atoms with Crippen molar-refractivity contribution in [1.82, 2.24) is 14.9 Å². The summed E-state index contributed by atoms with van der Waals surface area (Å²) in [4.78, 5) is 23.7. The van der Waals surface area contributed by atoms with Crippen LogP contribution in [0.1, 0.15) is 46.4 Å². The summed E-state index contributed by atoms with van der Waals surface area (Å²) in [7, 11) is 0. The minimum atomic E-state index is -0.336. The van der Waals surface area contributed by atoms with E-state index in [9.17, 15) is 14.3 Å². The molecular formula is C22H25FN4O2S. The quantitative estimate of drug-likeness (QED) is 0.559. The molecule has 5 rings (SSSR count). The van der Waals surface area contributed by atoms with Crippen LogP contribution in [0, 0.1) is 11.2 Å². The first kappa shape index (κ1) is 19.5. The minimum Gasteiger partial charge on any atom is -0.396 e. The summed E-state index contributed by atoms with van der Waals surface area (Å²) in [5.41, 5.74) is 2.91. The van der Waals surface area contributed by atoms with E-state index in [1.807, 2.05) is 6.92 Å².